The largest absolute Gasteiger partial charge is 0.448 e. The van der Waals surface area contributed by atoms with Crippen LogP contribution in [-0.2, 0) is 11.3 Å². The number of hydrogen-bond acceptors (Lipinski definition) is 4. The molecule has 0 aliphatic carbocycles. The van der Waals surface area contributed by atoms with Gasteiger partial charge in [-0.05, 0) is 12.1 Å². The number of rotatable bonds is 3. The lowest BCUT2D eigenvalue weighted by Gasteiger charge is -2.23. The van der Waals surface area contributed by atoms with Crippen molar-refractivity contribution in [3.63, 3.8) is 0 Å². The number of aliphatic hydroxyl groups is 1. The van der Waals surface area contributed by atoms with Gasteiger partial charge in [0.2, 0.25) is 0 Å². The summed E-state index contributed by atoms with van der Waals surface area (Å²) in [7, 11) is 0. The van der Waals surface area contributed by atoms with Gasteiger partial charge in [0.15, 0.2) is 0 Å². The van der Waals surface area contributed by atoms with Crippen molar-refractivity contribution in [1.82, 2.24) is 9.88 Å². The van der Waals surface area contributed by atoms with E-state index in [-0.39, 0.29) is 12.4 Å². The molecule has 0 saturated carbocycles. The van der Waals surface area contributed by atoms with E-state index in [2.05, 4.69) is 9.98 Å². The second-order valence-corrected chi connectivity index (χ2v) is 5.18. The number of carbonyl (C=O) groups excluding carboxylic acids is 1. The van der Waals surface area contributed by atoms with Gasteiger partial charge in [0.1, 0.15) is 5.84 Å². The van der Waals surface area contributed by atoms with Crippen molar-refractivity contribution in [3.8, 4) is 0 Å². The summed E-state index contributed by atoms with van der Waals surface area (Å²) in [5, 5.41) is 9.85. The summed E-state index contributed by atoms with van der Waals surface area (Å²) < 4.78 is 39.5. The van der Waals surface area contributed by atoms with Crippen molar-refractivity contribution in [2.75, 3.05) is 0 Å². The van der Waals surface area contributed by atoms with Gasteiger partial charge in [-0.1, -0.05) is 36.4 Å². The van der Waals surface area contributed by atoms with Crippen molar-refractivity contribution < 1.29 is 23.1 Å². The summed E-state index contributed by atoms with van der Waals surface area (Å²) in [6, 6.07) is 12.8. The summed E-state index contributed by atoms with van der Waals surface area (Å²) in [6.45, 7) is -0.230. The van der Waals surface area contributed by atoms with Crippen LogP contribution in [0.25, 0.3) is 0 Å². The Bertz CT molecular complexity index is 778. The van der Waals surface area contributed by atoms with E-state index in [0.29, 0.717) is 11.3 Å². The van der Waals surface area contributed by atoms with Gasteiger partial charge >= 0.3 is 11.9 Å². The molecule has 3 rings (SSSR count). The van der Waals surface area contributed by atoms with Gasteiger partial charge in [0.25, 0.3) is 5.91 Å². The third-order valence-corrected chi connectivity index (χ3v) is 3.54. The Hall–Kier alpha value is -2.74. The number of amides is 1. The molecule has 1 aromatic carbocycles. The Morgan fingerprint density at radius 2 is 1.75 bits per heavy atom. The van der Waals surface area contributed by atoms with E-state index >= 15 is 0 Å². The van der Waals surface area contributed by atoms with E-state index in [1.165, 1.54) is 18.3 Å². The average Bonchev–Trinajstić information content (AvgIpc) is 2.83. The van der Waals surface area contributed by atoms with Gasteiger partial charge in [-0.25, -0.2) is 4.99 Å². The van der Waals surface area contributed by atoms with Crippen LogP contribution in [0.2, 0.25) is 0 Å². The standard InChI is InChI=1S/C16H12F3N3O2/c17-16(18,19)15(24)14(23)22(10-12-8-4-5-9-20-12)13(21-15)11-6-2-1-3-7-11/h1-9,24H,10H2/t15-/m1/s1. The number of alkyl halides is 3. The molecular formula is C16H12F3N3O2. The first-order valence-corrected chi connectivity index (χ1v) is 6.99. The number of amidine groups is 1. The molecule has 1 aliphatic rings. The predicted octanol–water partition coefficient (Wildman–Crippen LogP) is 2.12. The molecule has 1 atom stereocenters. The lowest BCUT2D eigenvalue weighted by molar-refractivity contribution is -0.248. The van der Waals surface area contributed by atoms with Gasteiger partial charge < -0.3 is 5.11 Å². The Morgan fingerprint density at radius 3 is 2.33 bits per heavy atom. The molecule has 0 unspecified atom stereocenters. The third kappa shape index (κ3) is 2.65. The number of hydrogen-bond donors (Lipinski definition) is 1. The molecule has 1 aromatic heterocycles. The molecule has 2 heterocycles. The Kier molecular flexibility index (Phi) is 3.84. The molecule has 5 nitrogen and oxygen atoms in total. The first kappa shape index (κ1) is 16.1. The smallest absolute Gasteiger partial charge is 0.355 e. The zero-order valence-electron chi connectivity index (χ0n) is 12.2. The van der Waals surface area contributed by atoms with Crippen LogP contribution in [0.1, 0.15) is 11.3 Å². The molecule has 1 amide bonds. The van der Waals surface area contributed by atoms with Crippen molar-refractivity contribution in [3.05, 3.63) is 66.0 Å². The van der Waals surface area contributed by atoms with E-state index in [9.17, 15) is 23.1 Å². The minimum Gasteiger partial charge on any atom is -0.355 e. The quantitative estimate of drug-likeness (QED) is 0.934. The monoisotopic (exact) mass is 335 g/mol. The fraction of sp³-hybridized carbons (Fsp3) is 0.188. The highest BCUT2D eigenvalue weighted by molar-refractivity contribution is 6.14. The van der Waals surface area contributed by atoms with Crippen LogP contribution in [0.5, 0.6) is 0 Å². The Balaban J connectivity index is 2.06. The maximum Gasteiger partial charge on any atom is 0.448 e. The van der Waals surface area contributed by atoms with Crippen molar-refractivity contribution in [1.29, 1.82) is 0 Å². The van der Waals surface area contributed by atoms with Crippen LogP contribution in [0.4, 0.5) is 13.2 Å². The first-order valence-electron chi connectivity index (χ1n) is 6.99. The first-order chi connectivity index (χ1) is 11.3. The zero-order valence-corrected chi connectivity index (χ0v) is 12.2. The van der Waals surface area contributed by atoms with Gasteiger partial charge in [0.05, 0.1) is 12.2 Å². The lowest BCUT2D eigenvalue weighted by Crippen LogP contribution is -2.52. The van der Waals surface area contributed by atoms with Crippen molar-refractivity contribution in [2.45, 2.75) is 18.4 Å². The van der Waals surface area contributed by atoms with E-state index in [1.807, 2.05) is 0 Å². The molecule has 0 saturated heterocycles. The summed E-state index contributed by atoms with van der Waals surface area (Å²) in [4.78, 5) is 20.4. The summed E-state index contributed by atoms with van der Waals surface area (Å²) in [5.41, 5.74) is -3.12. The topological polar surface area (TPSA) is 65.8 Å². The number of aromatic nitrogens is 1. The Morgan fingerprint density at radius 1 is 1.08 bits per heavy atom. The van der Waals surface area contributed by atoms with Crippen LogP contribution in [-0.4, -0.2) is 38.6 Å². The summed E-state index contributed by atoms with van der Waals surface area (Å²) in [6.07, 6.45) is -3.76. The average molecular weight is 335 g/mol. The molecule has 24 heavy (non-hydrogen) atoms. The number of aliphatic imine (C=N–C) groups is 1. The van der Waals surface area contributed by atoms with Crippen LogP contribution >= 0.6 is 0 Å². The molecular weight excluding hydrogens is 323 g/mol. The minimum atomic E-state index is -5.22. The highest BCUT2D eigenvalue weighted by Crippen LogP contribution is 2.38. The van der Waals surface area contributed by atoms with E-state index < -0.39 is 17.8 Å². The van der Waals surface area contributed by atoms with Crippen LogP contribution in [0.15, 0.2) is 59.7 Å². The molecule has 0 radical (unpaired) electrons. The van der Waals surface area contributed by atoms with E-state index in [1.54, 1.807) is 36.4 Å². The summed E-state index contributed by atoms with van der Waals surface area (Å²) >= 11 is 0. The van der Waals surface area contributed by atoms with Gasteiger partial charge in [0, 0.05) is 11.8 Å². The molecule has 0 fully saturated rings. The third-order valence-electron chi connectivity index (χ3n) is 3.54. The molecule has 124 valence electrons. The maximum absolute atomic E-state index is 13.2. The number of nitrogens with zero attached hydrogens (tertiary/aromatic N) is 3. The highest BCUT2D eigenvalue weighted by Gasteiger charge is 2.65. The van der Waals surface area contributed by atoms with Gasteiger partial charge in [-0.15, -0.1) is 0 Å². The van der Waals surface area contributed by atoms with E-state index in [4.69, 9.17) is 0 Å². The molecule has 8 heteroatoms. The number of carbonyl (C=O) groups is 1. The molecule has 1 aliphatic heterocycles. The van der Waals surface area contributed by atoms with Crippen molar-refractivity contribution in [2.24, 2.45) is 4.99 Å². The Labute approximate surface area is 135 Å². The molecule has 0 bridgehead atoms. The fourth-order valence-corrected chi connectivity index (χ4v) is 2.34. The lowest BCUT2D eigenvalue weighted by atomic mass is 10.2. The van der Waals surface area contributed by atoms with E-state index in [0.717, 1.165) is 4.90 Å². The summed E-state index contributed by atoms with van der Waals surface area (Å²) in [5.74, 6) is -1.79. The number of benzene rings is 1. The molecule has 1 N–H and O–H groups in total. The number of pyridine rings is 1. The number of halogens is 3. The normalized spacial score (nSPS) is 21.1. The second-order valence-electron chi connectivity index (χ2n) is 5.18. The van der Waals surface area contributed by atoms with Crippen LogP contribution in [0, 0.1) is 0 Å². The van der Waals surface area contributed by atoms with Gasteiger partial charge in [-0.3, -0.25) is 14.7 Å². The van der Waals surface area contributed by atoms with Crippen molar-refractivity contribution >= 4 is 11.7 Å². The maximum atomic E-state index is 13.2. The van der Waals surface area contributed by atoms with Crippen LogP contribution in [0.3, 0.4) is 0 Å². The molecule has 0 spiro atoms. The highest BCUT2D eigenvalue weighted by atomic mass is 19.4. The predicted molar refractivity (Wildman–Crippen MR) is 78.8 cm³/mol. The SMILES string of the molecule is O=C1N(Cc2ccccn2)C(c2ccccc2)=N[C@]1(O)C(F)(F)F. The second kappa shape index (κ2) is 5.72. The minimum absolute atomic E-state index is 0.230. The van der Waals surface area contributed by atoms with Gasteiger partial charge in [-0.2, -0.15) is 13.2 Å². The fourth-order valence-electron chi connectivity index (χ4n) is 2.34. The zero-order chi connectivity index (χ0) is 17.4. The molecule has 2 aromatic rings. The van der Waals surface area contributed by atoms with Crippen LogP contribution < -0.4 is 0 Å².